The zero-order chi connectivity index (χ0) is 22.6. The summed E-state index contributed by atoms with van der Waals surface area (Å²) in [5, 5.41) is 0. The van der Waals surface area contributed by atoms with Crippen LogP contribution in [0.1, 0.15) is 158 Å². The minimum Gasteiger partial charge on any atom is -0.0776 e. The second kappa shape index (κ2) is 40.7. The lowest BCUT2D eigenvalue weighted by Gasteiger charge is -2.19. The molecule has 0 aliphatic rings. The van der Waals surface area contributed by atoms with Crippen molar-refractivity contribution in [2.24, 2.45) is 11.8 Å². The Morgan fingerprint density at radius 1 is 0.581 bits per heavy atom. The van der Waals surface area contributed by atoms with E-state index in [1.54, 1.807) is 0 Å². The molecule has 0 heterocycles. The molecule has 0 nitrogen and oxygen atoms in total. The first-order chi connectivity index (χ1) is 14.2. The van der Waals surface area contributed by atoms with Crippen LogP contribution in [0.5, 0.6) is 0 Å². The van der Waals surface area contributed by atoms with E-state index in [-0.39, 0.29) is 14.9 Å². The highest BCUT2D eigenvalue weighted by Crippen LogP contribution is 2.25. The van der Waals surface area contributed by atoms with Gasteiger partial charge in [0.15, 0.2) is 0 Å². The predicted molar refractivity (Wildman–Crippen MR) is 155 cm³/mol. The number of rotatable bonds is 19. The van der Waals surface area contributed by atoms with Gasteiger partial charge in [0.1, 0.15) is 0 Å². The van der Waals surface area contributed by atoms with Gasteiger partial charge in [0.2, 0.25) is 0 Å². The molecule has 0 aromatic rings. The highest BCUT2D eigenvalue weighted by Gasteiger charge is 2.11. The molecule has 0 amide bonds. The normalized spacial score (nSPS) is 11.4. The van der Waals surface area contributed by atoms with Crippen molar-refractivity contribution in [2.75, 3.05) is 0 Å². The van der Waals surface area contributed by atoms with Gasteiger partial charge in [-0.15, -0.1) is 0 Å². The Morgan fingerprint density at radius 2 is 0.903 bits per heavy atom. The number of unbranched alkanes of at least 4 members (excludes halogenated alkanes) is 12. The largest absolute Gasteiger partial charge is 0.0776 e. The molecule has 31 heavy (non-hydrogen) atoms. The lowest BCUT2D eigenvalue weighted by atomic mass is 9.40. The van der Waals surface area contributed by atoms with E-state index >= 15 is 0 Å². The van der Waals surface area contributed by atoms with E-state index in [1.807, 2.05) is 0 Å². The van der Waals surface area contributed by atoms with Gasteiger partial charge in [0, 0.05) is 38.0 Å². The summed E-state index contributed by atoms with van der Waals surface area (Å²) in [6.45, 7) is 9.52. The maximum Gasteiger partial charge on any atom is 0 e. The van der Waals surface area contributed by atoms with Crippen LogP contribution in [0, 0.1) is 11.8 Å². The van der Waals surface area contributed by atoms with E-state index in [0.717, 1.165) is 18.9 Å². The van der Waals surface area contributed by atoms with Crippen LogP contribution >= 0.6 is 0 Å². The van der Waals surface area contributed by atoms with Crippen molar-refractivity contribution in [3.8, 4) is 0 Å². The fraction of sp³-hybridized carbons (Fsp3) is 1.00. The molecule has 0 fully saturated rings. The van der Waals surface area contributed by atoms with Gasteiger partial charge in [-0.25, -0.2) is 0 Å². The van der Waals surface area contributed by atoms with E-state index in [9.17, 15) is 0 Å². The standard InChI is InChI=1S/C24H50.2CH4.B3.B2/c1-5-8-10-12-14-15-17-19-21-24(7-3)22-23(4)20-18-16-13-11-9-6-2;;;1-3-2;1-2/h23-24H,5-22H2,1-4H3;2*1H4;;. The summed E-state index contributed by atoms with van der Waals surface area (Å²) in [5.74, 6) is 1.95. The summed E-state index contributed by atoms with van der Waals surface area (Å²) >= 11 is 0. The Labute approximate surface area is 207 Å². The van der Waals surface area contributed by atoms with Crippen molar-refractivity contribution in [2.45, 2.75) is 158 Å². The van der Waals surface area contributed by atoms with E-state index in [2.05, 4.69) is 58.6 Å². The molecule has 0 aliphatic carbocycles. The smallest absolute Gasteiger partial charge is 0 e. The van der Waals surface area contributed by atoms with Crippen LogP contribution in [0.3, 0.4) is 0 Å². The molecule has 0 N–H and O–H groups in total. The molecule has 9 radical (unpaired) electrons. The van der Waals surface area contributed by atoms with Gasteiger partial charge in [0.25, 0.3) is 0 Å². The second-order valence-corrected chi connectivity index (χ2v) is 8.63. The van der Waals surface area contributed by atoms with Crippen molar-refractivity contribution >= 4 is 38.0 Å². The zero-order valence-electron chi connectivity index (χ0n) is 20.8. The molecule has 5 heteroatoms. The van der Waals surface area contributed by atoms with Gasteiger partial charge in [-0.05, 0) is 18.3 Å². The summed E-state index contributed by atoms with van der Waals surface area (Å²) in [5.41, 5.74) is 0. The average Bonchev–Trinajstić information content (AvgIpc) is 2.73. The minimum atomic E-state index is 0. The first-order valence-electron chi connectivity index (χ1n) is 12.7. The summed E-state index contributed by atoms with van der Waals surface area (Å²) in [6.07, 6.45) is 26.2. The molecule has 0 aromatic heterocycles. The highest BCUT2D eigenvalue weighted by atomic mass is 14.2. The summed E-state index contributed by atoms with van der Waals surface area (Å²) in [7, 11) is 18.0. The van der Waals surface area contributed by atoms with Crippen LogP contribution < -0.4 is 0 Å². The minimum absolute atomic E-state index is 0. The third-order valence-electron chi connectivity index (χ3n) is 5.83. The molecule has 0 aliphatic heterocycles. The van der Waals surface area contributed by atoms with Crippen LogP contribution in [0.25, 0.3) is 0 Å². The van der Waals surface area contributed by atoms with E-state index in [0.29, 0.717) is 0 Å². The van der Waals surface area contributed by atoms with Gasteiger partial charge in [-0.3, -0.25) is 0 Å². The fourth-order valence-corrected chi connectivity index (χ4v) is 4.02. The topological polar surface area (TPSA) is 0 Å². The molecule has 0 saturated heterocycles. The molecule has 2 atom stereocenters. The molecular weight excluding hydrogens is 366 g/mol. The summed E-state index contributed by atoms with van der Waals surface area (Å²) in [6, 6.07) is 0. The maximum atomic E-state index is 4.50. The summed E-state index contributed by atoms with van der Waals surface area (Å²) < 4.78 is 0. The first kappa shape index (κ1) is 41.6. The van der Waals surface area contributed by atoms with Gasteiger partial charge >= 0.3 is 0 Å². The van der Waals surface area contributed by atoms with Crippen LogP contribution in [-0.2, 0) is 0 Å². The maximum absolute atomic E-state index is 4.50. The summed E-state index contributed by atoms with van der Waals surface area (Å²) in [4.78, 5) is 0. The molecule has 0 spiro atoms. The molecule has 0 rings (SSSR count). The van der Waals surface area contributed by atoms with Crippen molar-refractivity contribution in [1.82, 2.24) is 0 Å². The monoisotopic (exact) mass is 426 g/mol. The van der Waals surface area contributed by atoms with Gasteiger partial charge in [0.05, 0.1) is 0 Å². The number of hydrogen-bond acceptors (Lipinski definition) is 0. The Hall–Kier alpha value is 0.325. The van der Waals surface area contributed by atoms with Gasteiger partial charge < -0.3 is 0 Å². The SMILES string of the molecule is C.C.CCCCCCCCCCC(CC)CC(C)CCCCCCCC.[B][B].[B][B][B]. The van der Waals surface area contributed by atoms with Crippen molar-refractivity contribution < 1.29 is 0 Å². The fourth-order valence-electron chi connectivity index (χ4n) is 4.02. The Kier molecular flexibility index (Phi) is 54.5. The Morgan fingerprint density at radius 3 is 1.26 bits per heavy atom. The Balaban J connectivity index is -0.000000294. The van der Waals surface area contributed by atoms with E-state index in [4.69, 9.17) is 0 Å². The average molecular weight is 425 g/mol. The first-order valence-corrected chi connectivity index (χ1v) is 12.7. The Bertz CT molecular complexity index is 252. The second-order valence-electron chi connectivity index (χ2n) is 8.63. The van der Waals surface area contributed by atoms with Crippen molar-refractivity contribution in [1.29, 1.82) is 0 Å². The van der Waals surface area contributed by atoms with Crippen LogP contribution in [0.4, 0.5) is 0 Å². The molecule has 0 aromatic carbocycles. The third-order valence-corrected chi connectivity index (χ3v) is 5.83. The van der Waals surface area contributed by atoms with Gasteiger partial charge in [-0.1, -0.05) is 152 Å². The van der Waals surface area contributed by atoms with Crippen molar-refractivity contribution in [3.63, 3.8) is 0 Å². The van der Waals surface area contributed by atoms with E-state index < -0.39 is 0 Å². The van der Waals surface area contributed by atoms with Crippen LogP contribution in [0.15, 0.2) is 0 Å². The van der Waals surface area contributed by atoms with Crippen LogP contribution in [-0.4, -0.2) is 38.0 Å². The highest BCUT2D eigenvalue weighted by molar-refractivity contribution is 7.17. The zero-order valence-corrected chi connectivity index (χ0v) is 20.8. The van der Waals surface area contributed by atoms with E-state index in [1.165, 1.54) is 116 Å². The molecule has 177 valence electrons. The number of hydrogen-bond donors (Lipinski definition) is 0. The molecular formula is C26H58B5. The van der Waals surface area contributed by atoms with Crippen molar-refractivity contribution in [3.05, 3.63) is 0 Å². The molecule has 2 unspecified atom stereocenters. The lowest BCUT2D eigenvalue weighted by molar-refractivity contribution is 0.329. The lowest BCUT2D eigenvalue weighted by Crippen LogP contribution is -2.06. The predicted octanol–water partition coefficient (Wildman–Crippen LogP) is 8.69. The quantitative estimate of drug-likeness (QED) is 0.144. The van der Waals surface area contributed by atoms with Crippen LogP contribution in [0.2, 0.25) is 0 Å². The molecule has 0 bridgehead atoms. The van der Waals surface area contributed by atoms with Gasteiger partial charge in [-0.2, -0.15) is 0 Å². The molecule has 0 saturated carbocycles. The third kappa shape index (κ3) is 41.1.